The molecule has 1 heterocycles. The highest BCUT2D eigenvalue weighted by Gasteiger charge is 2.20. The van der Waals surface area contributed by atoms with Crippen LogP contribution in [0, 0.1) is 11.6 Å². The summed E-state index contributed by atoms with van der Waals surface area (Å²) in [7, 11) is 1.69. The zero-order valence-corrected chi connectivity index (χ0v) is 10.9. The number of nitrogens with one attached hydrogen (secondary N) is 1. The molecule has 0 atom stereocenters. The molecule has 96 valence electrons. The van der Waals surface area contributed by atoms with Crippen molar-refractivity contribution in [2.75, 3.05) is 12.4 Å². The van der Waals surface area contributed by atoms with Gasteiger partial charge in [0.1, 0.15) is 17.2 Å². The number of fused-ring (bicyclic) bond motifs is 1. The van der Waals surface area contributed by atoms with Crippen LogP contribution in [0.1, 0.15) is 26.5 Å². The number of aromatic nitrogens is 1. The summed E-state index contributed by atoms with van der Waals surface area (Å²) in [5.74, 6) is -0.974. The van der Waals surface area contributed by atoms with E-state index in [9.17, 15) is 8.78 Å². The summed E-state index contributed by atoms with van der Waals surface area (Å²) in [5.41, 5.74) is 1.14. The van der Waals surface area contributed by atoms with E-state index in [1.807, 2.05) is 20.8 Å². The Kier molecular flexibility index (Phi) is 2.97. The number of anilines is 1. The lowest BCUT2D eigenvalue weighted by Gasteiger charge is -2.20. The van der Waals surface area contributed by atoms with E-state index in [4.69, 9.17) is 0 Å². The minimum atomic E-state index is -0.506. The minimum Gasteiger partial charge on any atom is -0.387 e. The van der Waals surface area contributed by atoms with Gasteiger partial charge in [-0.25, -0.2) is 13.8 Å². The van der Waals surface area contributed by atoms with E-state index in [2.05, 4.69) is 10.3 Å². The molecule has 0 fully saturated rings. The molecule has 1 aromatic carbocycles. The number of hydrogen-bond donors (Lipinski definition) is 1. The highest BCUT2D eigenvalue weighted by Crippen LogP contribution is 2.31. The van der Waals surface area contributed by atoms with Crippen molar-refractivity contribution in [2.24, 2.45) is 0 Å². The average molecular weight is 250 g/mol. The third kappa shape index (κ3) is 2.03. The number of benzene rings is 1. The summed E-state index contributed by atoms with van der Waals surface area (Å²) in [6.45, 7) is 5.95. The van der Waals surface area contributed by atoms with Crippen LogP contribution in [0.4, 0.5) is 14.5 Å². The second kappa shape index (κ2) is 4.19. The van der Waals surface area contributed by atoms with E-state index in [1.54, 1.807) is 13.1 Å². The lowest BCUT2D eigenvalue weighted by atomic mass is 9.90. The van der Waals surface area contributed by atoms with Crippen LogP contribution in [0.5, 0.6) is 0 Å². The molecular weight excluding hydrogens is 234 g/mol. The molecule has 1 aromatic heterocycles. The van der Waals surface area contributed by atoms with Crippen molar-refractivity contribution in [3.63, 3.8) is 0 Å². The number of pyridine rings is 1. The Balaban J connectivity index is 2.88. The summed E-state index contributed by atoms with van der Waals surface area (Å²) in [5, 5.41) is 3.10. The van der Waals surface area contributed by atoms with E-state index in [-0.39, 0.29) is 16.3 Å². The molecule has 0 amide bonds. The van der Waals surface area contributed by atoms with E-state index in [0.29, 0.717) is 5.69 Å². The standard InChI is InChI=1S/C14H16F2N2/c1-14(2,3)11-7-10(17-4)12-8(15)5-6-9(16)13(12)18-11/h5-7H,1-4H3,(H,17,18). The van der Waals surface area contributed by atoms with Gasteiger partial charge in [0.25, 0.3) is 0 Å². The number of hydrogen-bond acceptors (Lipinski definition) is 2. The van der Waals surface area contributed by atoms with Crippen LogP contribution >= 0.6 is 0 Å². The lowest BCUT2D eigenvalue weighted by Crippen LogP contribution is -2.14. The van der Waals surface area contributed by atoms with Crippen molar-refractivity contribution in [1.82, 2.24) is 4.98 Å². The second-order valence-corrected chi connectivity index (χ2v) is 5.31. The fourth-order valence-corrected chi connectivity index (χ4v) is 1.85. The van der Waals surface area contributed by atoms with E-state index in [1.165, 1.54) is 0 Å². The Morgan fingerprint density at radius 3 is 2.28 bits per heavy atom. The highest BCUT2D eigenvalue weighted by atomic mass is 19.1. The molecule has 0 saturated heterocycles. The van der Waals surface area contributed by atoms with Crippen molar-refractivity contribution in [3.05, 3.63) is 35.5 Å². The highest BCUT2D eigenvalue weighted by molar-refractivity contribution is 5.92. The molecule has 2 aromatic rings. The van der Waals surface area contributed by atoms with Crippen LogP contribution in [0.2, 0.25) is 0 Å². The summed E-state index contributed by atoms with van der Waals surface area (Å²) in [6, 6.07) is 4.00. The van der Waals surface area contributed by atoms with Crippen LogP contribution in [0.3, 0.4) is 0 Å². The molecule has 0 saturated carbocycles. The van der Waals surface area contributed by atoms with Gasteiger partial charge < -0.3 is 5.32 Å². The van der Waals surface area contributed by atoms with Gasteiger partial charge in [-0.3, -0.25) is 0 Å². The van der Waals surface area contributed by atoms with Gasteiger partial charge >= 0.3 is 0 Å². The molecular formula is C14H16F2N2. The fraction of sp³-hybridized carbons (Fsp3) is 0.357. The first-order valence-corrected chi connectivity index (χ1v) is 5.81. The summed E-state index contributed by atoms with van der Waals surface area (Å²) in [4.78, 5) is 4.26. The lowest BCUT2D eigenvalue weighted by molar-refractivity contribution is 0.567. The van der Waals surface area contributed by atoms with Crippen molar-refractivity contribution in [1.29, 1.82) is 0 Å². The molecule has 0 unspecified atom stereocenters. The Labute approximate surface area is 105 Å². The van der Waals surface area contributed by atoms with E-state index < -0.39 is 11.6 Å². The van der Waals surface area contributed by atoms with Gasteiger partial charge in [-0.05, 0) is 18.2 Å². The molecule has 0 aliphatic heterocycles. The van der Waals surface area contributed by atoms with Gasteiger partial charge in [-0.2, -0.15) is 0 Å². The second-order valence-electron chi connectivity index (χ2n) is 5.31. The number of halogens is 2. The van der Waals surface area contributed by atoms with E-state index >= 15 is 0 Å². The van der Waals surface area contributed by atoms with Crippen LogP contribution in [-0.4, -0.2) is 12.0 Å². The molecule has 0 spiro atoms. The molecule has 4 heteroatoms. The van der Waals surface area contributed by atoms with Gasteiger partial charge in [0.05, 0.1) is 5.39 Å². The van der Waals surface area contributed by atoms with Crippen LogP contribution < -0.4 is 5.32 Å². The van der Waals surface area contributed by atoms with Gasteiger partial charge in [-0.15, -0.1) is 0 Å². The first-order valence-electron chi connectivity index (χ1n) is 5.81. The predicted octanol–water partition coefficient (Wildman–Crippen LogP) is 3.85. The first-order chi connectivity index (χ1) is 8.34. The molecule has 2 nitrogen and oxygen atoms in total. The van der Waals surface area contributed by atoms with Crippen molar-refractivity contribution < 1.29 is 8.78 Å². The predicted molar refractivity (Wildman–Crippen MR) is 69.9 cm³/mol. The molecule has 1 N–H and O–H groups in total. The maximum atomic E-state index is 13.8. The molecule has 18 heavy (non-hydrogen) atoms. The monoisotopic (exact) mass is 250 g/mol. The van der Waals surface area contributed by atoms with Crippen LogP contribution in [0.15, 0.2) is 18.2 Å². The largest absolute Gasteiger partial charge is 0.387 e. The molecule has 0 aliphatic rings. The van der Waals surface area contributed by atoms with Gasteiger partial charge in [-0.1, -0.05) is 20.8 Å². The summed E-state index contributed by atoms with van der Waals surface area (Å²) < 4.78 is 27.6. The van der Waals surface area contributed by atoms with Crippen LogP contribution in [-0.2, 0) is 5.41 Å². The molecule has 0 radical (unpaired) electrons. The molecule has 0 bridgehead atoms. The quantitative estimate of drug-likeness (QED) is 0.831. The van der Waals surface area contributed by atoms with Crippen molar-refractivity contribution in [3.8, 4) is 0 Å². The van der Waals surface area contributed by atoms with Gasteiger partial charge in [0, 0.05) is 23.8 Å². The Hall–Kier alpha value is -1.71. The topological polar surface area (TPSA) is 24.9 Å². The molecule has 0 aliphatic carbocycles. The average Bonchev–Trinajstić information content (AvgIpc) is 2.31. The smallest absolute Gasteiger partial charge is 0.149 e. The third-order valence-electron chi connectivity index (χ3n) is 2.90. The maximum absolute atomic E-state index is 13.8. The van der Waals surface area contributed by atoms with Crippen molar-refractivity contribution >= 4 is 16.6 Å². The SMILES string of the molecule is CNc1cc(C(C)(C)C)nc2c(F)ccc(F)c12. The summed E-state index contributed by atoms with van der Waals surface area (Å²) in [6.07, 6.45) is 0. The molecule has 2 rings (SSSR count). The zero-order chi connectivity index (χ0) is 13.5. The first kappa shape index (κ1) is 12.7. The summed E-state index contributed by atoms with van der Waals surface area (Å²) >= 11 is 0. The Bertz CT molecular complexity index is 601. The van der Waals surface area contributed by atoms with Crippen LogP contribution in [0.25, 0.3) is 10.9 Å². The van der Waals surface area contributed by atoms with Crippen molar-refractivity contribution in [2.45, 2.75) is 26.2 Å². The van der Waals surface area contributed by atoms with E-state index in [0.717, 1.165) is 17.8 Å². The van der Waals surface area contributed by atoms with Gasteiger partial charge in [0.2, 0.25) is 0 Å². The van der Waals surface area contributed by atoms with Gasteiger partial charge in [0.15, 0.2) is 0 Å². The zero-order valence-electron chi connectivity index (χ0n) is 10.9. The minimum absolute atomic E-state index is 0.0757. The third-order valence-corrected chi connectivity index (χ3v) is 2.90. The number of nitrogens with zero attached hydrogens (tertiary/aromatic N) is 1. The number of rotatable bonds is 1. The maximum Gasteiger partial charge on any atom is 0.149 e. The fourth-order valence-electron chi connectivity index (χ4n) is 1.85. The Morgan fingerprint density at radius 1 is 1.11 bits per heavy atom. The Morgan fingerprint density at radius 2 is 1.72 bits per heavy atom. The normalized spacial score (nSPS) is 11.9.